The molecule has 132 valence electrons. The van der Waals surface area contributed by atoms with E-state index in [1.54, 1.807) is 12.1 Å². The van der Waals surface area contributed by atoms with Crippen LogP contribution in [0.3, 0.4) is 0 Å². The topological polar surface area (TPSA) is 72.7 Å². The zero-order valence-electron chi connectivity index (χ0n) is 14.7. The molecule has 4 rings (SSSR count). The zero-order chi connectivity index (χ0) is 18.7. The van der Waals surface area contributed by atoms with Crippen LogP contribution in [0.15, 0.2) is 42.5 Å². The first-order valence-electron chi connectivity index (χ1n) is 8.30. The maximum absolute atomic E-state index is 11.2. The number of hydrogen-bond acceptors (Lipinski definition) is 5. The number of fused-ring (bicyclic) bond motifs is 2. The lowest BCUT2D eigenvalue weighted by Crippen LogP contribution is -2.58. The number of ether oxygens (including phenoxy) is 1. The minimum Gasteiger partial charge on any atom is -0.463 e. The average Bonchev–Trinajstić information content (AvgIpc) is 2.79. The van der Waals surface area contributed by atoms with Gasteiger partial charge in [0.15, 0.2) is 0 Å². The molecule has 0 aliphatic carbocycles. The van der Waals surface area contributed by atoms with Gasteiger partial charge in [-0.05, 0) is 55.8 Å². The Morgan fingerprint density at radius 3 is 2.65 bits per heavy atom. The van der Waals surface area contributed by atoms with Gasteiger partial charge in [-0.25, -0.2) is 0 Å². The highest BCUT2D eigenvalue weighted by Gasteiger charge is 2.57. The summed E-state index contributed by atoms with van der Waals surface area (Å²) in [4.78, 5) is 23.8. The fourth-order valence-corrected chi connectivity index (χ4v) is 4.00. The molecule has 0 aromatic heterocycles. The predicted molar refractivity (Wildman–Crippen MR) is 98.7 cm³/mol. The molecule has 0 amide bonds. The van der Waals surface area contributed by atoms with Crippen molar-refractivity contribution in [2.45, 2.75) is 25.0 Å². The van der Waals surface area contributed by atoms with Crippen molar-refractivity contribution in [1.29, 1.82) is 0 Å². The van der Waals surface area contributed by atoms with Gasteiger partial charge in [0.05, 0.1) is 10.3 Å². The monoisotopic (exact) mass is 350 g/mol. The third-order valence-corrected chi connectivity index (χ3v) is 5.54. The van der Waals surface area contributed by atoms with Gasteiger partial charge in [0.2, 0.25) is 5.72 Å². The Morgan fingerprint density at radius 2 is 1.96 bits per heavy atom. The van der Waals surface area contributed by atoms with Gasteiger partial charge in [-0.15, -0.1) is 0 Å². The lowest BCUT2D eigenvalue weighted by molar-refractivity contribution is -0.384. The first-order chi connectivity index (χ1) is 12.3. The minimum absolute atomic E-state index is 0.0332. The molecule has 2 heterocycles. The summed E-state index contributed by atoms with van der Waals surface area (Å²) in [6.45, 7) is 4.15. The number of anilines is 1. The molecule has 2 aliphatic rings. The van der Waals surface area contributed by atoms with E-state index in [2.05, 4.69) is 18.7 Å². The van der Waals surface area contributed by atoms with E-state index in [9.17, 15) is 14.9 Å². The molecule has 1 atom stereocenters. The van der Waals surface area contributed by atoms with Crippen molar-refractivity contribution in [2.24, 2.45) is 0 Å². The summed E-state index contributed by atoms with van der Waals surface area (Å²) in [6, 6.07) is 10.2. The maximum atomic E-state index is 11.2. The van der Waals surface area contributed by atoms with E-state index in [1.165, 1.54) is 12.1 Å². The molecule has 2 aromatic carbocycles. The standard InChI is InChI=1S/C20H18N2O4/c1-19(2)16-10-13(12-23)4-6-17(16)21(3)20(19)9-8-14-11-15(22(24)25)5-7-18(14)26-20/h4-12H,1-3H3. The van der Waals surface area contributed by atoms with E-state index in [4.69, 9.17) is 4.74 Å². The SMILES string of the molecule is CN1c2ccc(C=O)cc2C(C)(C)C12C=Cc1cc([N+](=O)[O-])ccc1O2. The fraction of sp³-hybridized carbons (Fsp3) is 0.250. The first kappa shape index (κ1) is 16.3. The number of non-ortho nitro benzene ring substituents is 1. The molecule has 0 fully saturated rings. The Labute approximate surface area is 150 Å². The molecule has 26 heavy (non-hydrogen) atoms. The summed E-state index contributed by atoms with van der Waals surface area (Å²) in [5.41, 5.74) is 2.14. The van der Waals surface area contributed by atoms with Crippen LogP contribution in [0.2, 0.25) is 0 Å². The van der Waals surface area contributed by atoms with E-state index < -0.39 is 16.1 Å². The van der Waals surface area contributed by atoms with E-state index in [0.29, 0.717) is 16.9 Å². The normalized spacial score (nSPS) is 21.9. The zero-order valence-corrected chi connectivity index (χ0v) is 14.7. The minimum atomic E-state index is -0.778. The van der Waals surface area contributed by atoms with E-state index in [-0.39, 0.29) is 5.69 Å². The van der Waals surface area contributed by atoms with E-state index in [1.807, 2.05) is 31.3 Å². The molecule has 2 aromatic rings. The van der Waals surface area contributed by atoms with E-state index in [0.717, 1.165) is 17.5 Å². The molecular weight excluding hydrogens is 332 g/mol. The van der Waals surface area contributed by atoms with Gasteiger partial charge in [0.1, 0.15) is 12.0 Å². The molecule has 0 bridgehead atoms. The van der Waals surface area contributed by atoms with Crippen LogP contribution in [0.25, 0.3) is 6.08 Å². The van der Waals surface area contributed by atoms with Crippen molar-refractivity contribution in [3.05, 3.63) is 69.3 Å². The highest BCUT2D eigenvalue weighted by Crippen LogP contribution is 2.54. The Balaban J connectivity index is 1.84. The van der Waals surface area contributed by atoms with Gasteiger partial charge >= 0.3 is 0 Å². The summed E-state index contributed by atoms with van der Waals surface area (Å²) in [5.74, 6) is 0.599. The van der Waals surface area contributed by atoms with Gasteiger partial charge in [-0.3, -0.25) is 14.9 Å². The van der Waals surface area contributed by atoms with E-state index >= 15 is 0 Å². The van der Waals surface area contributed by atoms with Crippen LogP contribution in [0.4, 0.5) is 11.4 Å². The Kier molecular flexibility index (Phi) is 3.25. The number of rotatable bonds is 2. The summed E-state index contributed by atoms with van der Waals surface area (Å²) in [7, 11) is 1.95. The molecule has 6 heteroatoms. The van der Waals surface area contributed by atoms with Gasteiger partial charge in [-0.2, -0.15) is 0 Å². The van der Waals surface area contributed by atoms with Crippen molar-refractivity contribution >= 4 is 23.7 Å². The molecule has 6 nitrogen and oxygen atoms in total. The average molecular weight is 350 g/mol. The van der Waals surface area contributed by atoms with Crippen LogP contribution < -0.4 is 9.64 Å². The number of aldehydes is 1. The van der Waals surface area contributed by atoms with Crippen LogP contribution in [-0.2, 0) is 5.41 Å². The van der Waals surface area contributed by atoms with Crippen LogP contribution >= 0.6 is 0 Å². The highest BCUT2D eigenvalue weighted by atomic mass is 16.6. The van der Waals surface area contributed by atoms with Crippen molar-refractivity contribution in [3.8, 4) is 5.75 Å². The van der Waals surface area contributed by atoms with Crippen molar-refractivity contribution < 1.29 is 14.5 Å². The summed E-state index contributed by atoms with van der Waals surface area (Å²) in [6.07, 6.45) is 4.66. The second-order valence-corrected chi connectivity index (χ2v) is 7.19. The summed E-state index contributed by atoms with van der Waals surface area (Å²) in [5, 5.41) is 11.0. The number of benzene rings is 2. The molecule has 0 N–H and O–H groups in total. The van der Waals surface area contributed by atoms with Crippen LogP contribution in [-0.4, -0.2) is 24.0 Å². The van der Waals surface area contributed by atoms with Gasteiger partial charge in [0, 0.05) is 36.0 Å². The van der Waals surface area contributed by atoms with Crippen molar-refractivity contribution in [3.63, 3.8) is 0 Å². The summed E-state index contributed by atoms with van der Waals surface area (Å²) >= 11 is 0. The van der Waals surface area contributed by atoms with Crippen LogP contribution in [0.1, 0.15) is 35.3 Å². The second kappa shape index (κ2) is 5.17. The van der Waals surface area contributed by atoms with Crippen molar-refractivity contribution in [2.75, 3.05) is 11.9 Å². The molecule has 0 radical (unpaired) electrons. The molecule has 1 spiro atoms. The maximum Gasteiger partial charge on any atom is 0.270 e. The van der Waals surface area contributed by atoms with Gasteiger partial charge in [0.25, 0.3) is 5.69 Å². The fourth-order valence-electron chi connectivity index (χ4n) is 4.00. The Bertz CT molecular complexity index is 980. The van der Waals surface area contributed by atoms with Crippen molar-refractivity contribution in [1.82, 2.24) is 0 Å². The lowest BCUT2D eigenvalue weighted by Gasteiger charge is -2.45. The molecule has 2 aliphatic heterocycles. The third kappa shape index (κ3) is 1.95. The number of carbonyl (C=O) groups is 1. The molecule has 0 saturated heterocycles. The largest absolute Gasteiger partial charge is 0.463 e. The number of nitro benzene ring substituents is 1. The first-order valence-corrected chi connectivity index (χ1v) is 8.30. The van der Waals surface area contributed by atoms with Gasteiger partial charge in [-0.1, -0.05) is 0 Å². The number of likely N-dealkylation sites (N-methyl/N-ethyl adjacent to an activating group) is 1. The number of hydrogen-bond donors (Lipinski definition) is 0. The smallest absolute Gasteiger partial charge is 0.270 e. The predicted octanol–water partition coefficient (Wildman–Crippen LogP) is 3.94. The highest BCUT2D eigenvalue weighted by molar-refractivity contribution is 5.80. The van der Waals surface area contributed by atoms with Crippen LogP contribution in [0, 0.1) is 10.1 Å². The Hall–Kier alpha value is -3.15. The number of carbonyl (C=O) groups excluding carboxylic acids is 1. The van der Waals surface area contributed by atoms with Gasteiger partial charge < -0.3 is 9.64 Å². The third-order valence-electron chi connectivity index (χ3n) is 5.54. The molecular formula is C20H18N2O4. The second-order valence-electron chi connectivity index (χ2n) is 7.19. The van der Waals surface area contributed by atoms with Crippen LogP contribution in [0.5, 0.6) is 5.75 Å². The molecule has 0 saturated carbocycles. The number of nitro groups is 1. The molecule has 1 unspecified atom stereocenters. The lowest BCUT2D eigenvalue weighted by atomic mass is 9.76. The quantitative estimate of drug-likeness (QED) is 0.466. The number of nitrogens with zero attached hydrogens (tertiary/aromatic N) is 2. The Morgan fingerprint density at radius 1 is 1.19 bits per heavy atom. The summed E-state index contributed by atoms with van der Waals surface area (Å²) < 4.78 is 6.43.